The smallest absolute Gasteiger partial charge is 0.311 e. The molecule has 0 saturated heterocycles. The van der Waals surface area contributed by atoms with Crippen LogP contribution < -0.4 is 14.2 Å². The third kappa shape index (κ3) is 4.25. The first-order valence-electron chi connectivity index (χ1n) is 8.26. The topological polar surface area (TPSA) is 57.9 Å². The predicted molar refractivity (Wildman–Crippen MR) is 97.6 cm³/mol. The maximum Gasteiger partial charge on any atom is 0.311 e. The van der Waals surface area contributed by atoms with Gasteiger partial charge in [-0.1, -0.05) is 12.1 Å². The number of para-hydroxylation sites is 2. The van der Waals surface area contributed by atoms with Gasteiger partial charge < -0.3 is 18.6 Å². The molecule has 3 rings (SSSR count). The lowest BCUT2D eigenvalue weighted by atomic mass is 10.2. The van der Waals surface area contributed by atoms with Gasteiger partial charge >= 0.3 is 5.97 Å². The van der Waals surface area contributed by atoms with Gasteiger partial charge in [-0.15, -0.1) is 0 Å². The number of esters is 1. The van der Waals surface area contributed by atoms with E-state index >= 15 is 0 Å². The minimum atomic E-state index is -0.336. The molecule has 0 spiro atoms. The van der Waals surface area contributed by atoms with E-state index in [9.17, 15) is 4.79 Å². The molecule has 0 amide bonds. The molecule has 5 heteroatoms. The van der Waals surface area contributed by atoms with Gasteiger partial charge in [0.2, 0.25) is 0 Å². The Kier molecular flexibility index (Phi) is 5.59. The lowest BCUT2D eigenvalue weighted by Gasteiger charge is -2.08. The van der Waals surface area contributed by atoms with E-state index in [1.165, 1.54) is 7.11 Å². The molecule has 2 aromatic carbocycles. The van der Waals surface area contributed by atoms with Gasteiger partial charge in [0.1, 0.15) is 17.3 Å². The molecule has 1 aromatic heterocycles. The lowest BCUT2D eigenvalue weighted by Crippen LogP contribution is -2.09. The summed E-state index contributed by atoms with van der Waals surface area (Å²) < 4.78 is 21.5. The van der Waals surface area contributed by atoms with E-state index in [-0.39, 0.29) is 12.4 Å². The van der Waals surface area contributed by atoms with Crippen LogP contribution in [-0.4, -0.2) is 20.2 Å². The maximum atomic E-state index is 12.1. The highest BCUT2D eigenvalue weighted by Crippen LogP contribution is 2.27. The van der Waals surface area contributed by atoms with Gasteiger partial charge in [0.05, 0.1) is 20.6 Å². The zero-order valence-electron chi connectivity index (χ0n) is 14.7. The molecule has 5 nitrogen and oxygen atoms in total. The zero-order valence-corrected chi connectivity index (χ0v) is 14.7. The number of aryl methyl sites for hydroxylation is 1. The van der Waals surface area contributed by atoms with E-state index in [0.29, 0.717) is 17.9 Å². The Morgan fingerprint density at radius 2 is 1.62 bits per heavy atom. The van der Waals surface area contributed by atoms with Crippen molar-refractivity contribution in [2.45, 2.75) is 12.8 Å². The molecule has 0 unspecified atom stereocenters. The average Bonchev–Trinajstić information content (AvgIpc) is 3.16. The maximum absolute atomic E-state index is 12.1. The van der Waals surface area contributed by atoms with Crippen LogP contribution in [0, 0.1) is 0 Å². The molecule has 134 valence electrons. The quantitative estimate of drug-likeness (QED) is 0.463. The van der Waals surface area contributed by atoms with Gasteiger partial charge in [0, 0.05) is 12.0 Å². The lowest BCUT2D eigenvalue weighted by molar-refractivity contribution is -0.134. The zero-order chi connectivity index (χ0) is 18.4. The number of furan rings is 1. The summed E-state index contributed by atoms with van der Waals surface area (Å²) in [5.41, 5.74) is 0.952. The van der Waals surface area contributed by atoms with Gasteiger partial charge in [0.15, 0.2) is 11.5 Å². The van der Waals surface area contributed by atoms with E-state index in [2.05, 4.69) is 0 Å². The van der Waals surface area contributed by atoms with Crippen molar-refractivity contribution in [2.75, 3.05) is 14.2 Å². The van der Waals surface area contributed by atoms with Crippen LogP contribution in [0.1, 0.15) is 12.2 Å². The summed E-state index contributed by atoms with van der Waals surface area (Å²) in [5, 5.41) is 0. The van der Waals surface area contributed by atoms with Crippen LogP contribution in [0.25, 0.3) is 11.3 Å². The van der Waals surface area contributed by atoms with Crippen molar-refractivity contribution in [3.8, 4) is 28.6 Å². The number of rotatable bonds is 7. The number of carbonyl (C=O) groups excluding carboxylic acids is 1. The van der Waals surface area contributed by atoms with Gasteiger partial charge in [-0.2, -0.15) is 0 Å². The van der Waals surface area contributed by atoms with E-state index in [1.54, 1.807) is 25.3 Å². The monoisotopic (exact) mass is 352 g/mol. The van der Waals surface area contributed by atoms with Crippen LogP contribution in [0.5, 0.6) is 17.2 Å². The third-order valence-electron chi connectivity index (χ3n) is 3.90. The molecule has 0 atom stereocenters. The minimum absolute atomic E-state index is 0.216. The van der Waals surface area contributed by atoms with Crippen molar-refractivity contribution >= 4 is 5.97 Å². The van der Waals surface area contributed by atoms with Crippen molar-refractivity contribution in [2.24, 2.45) is 0 Å². The van der Waals surface area contributed by atoms with E-state index in [4.69, 9.17) is 18.6 Å². The number of methoxy groups -OCH3 is 2. The first-order valence-corrected chi connectivity index (χ1v) is 8.26. The second kappa shape index (κ2) is 8.25. The molecule has 3 aromatic rings. The molecule has 0 aliphatic carbocycles. The Bertz CT molecular complexity index is 864. The molecule has 0 saturated carbocycles. The number of hydrogen-bond acceptors (Lipinski definition) is 5. The first-order chi connectivity index (χ1) is 12.7. The molecular weight excluding hydrogens is 332 g/mol. The fraction of sp³-hybridized carbons (Fsp3) is 0.190. The van der Waals surface area contributed by atoms with E-state index in [1.807, 2.05) is 42.5 Å². The molecule has 0 fully saturated rings. The van der Waals surface area contributed by atoms with Crippen molar-refractivity contribution in [3.63, 3.8) is 0 Å². The molecule has 26 heavy (non-hydrogen) atoms. The van der Waals surface area contributed by atoms with Gasteiger partial charge in [-0.25, -0.2) is 0 Å². The van der Waals surface area contributed by atoms with Gasteiger partial charge in [0.25, 0.3) is 0 Å². The fourth-order valence-electron chi connectivity index (χ4n) is 2.52. The Morgan fingerprint density at radius 3 is 2.31 bits per heavy atom. The Balaban J connectivity index is 1.58. The molecule has 0 aliphatic heterocycles. The predicted octanol–water partition coefficient (Wildman–Crippen LogP) is 4.50. The summed E-state index contributed by atoms with van der Waals surface area (Å²) in [7, 11) is 3.17. The van der Waals surface area contributed by atoms with E-state index in [0.717, 1.165) is 22.8 Å². The number of carbonyl (C=O) groups is 1. The summed E-state index contributed by atoms with van der Waals surface area (Å²) in [4.78, 5) is 12.1. The second-order valence-electron chi connectivity index (χ2n) is 5.62. The van der Waals surface area contributed by atoms with Crippen molar-refractivity contribution < 1.29 is 23.4 Å². The van der Waals surface area contributed by atoms with Crippen molar-refractivity contribution in [1.82, 2.24) is 0 Å². The molecular formula is C21H20O5. The highest BCUT2D eigenvalue weighted by Gasteiger charge is 2.11. The van der Waals surface area contributed by atoms with E-state index < -0.39 is 0 Å². The summed E-state index contributed by atoms with van der Waals surface area (Å²) >= 11 is 0. The fourth-order valence-corrected chi connectivity index (χ4v) is 2.52. The van der Waals surface area contributed by atoms with Gasteiger partial charge in [-0.05, 0) is 48.5 Å². The summed E-state index contributed by atoms with van der Waals surface area (Å²) in [6.45, 7) is 0. The number of ether oxygens (including phenoxy) is 3. The summed E-state index contributed by atoms with van der Waals surface area (Å²) in [6.07, 6.45) is 0.678. The minimum Gasteiger partial charge on any atom is -0.497 e. The van der Waals surface area contributed by atoms with Crippen molar-refractivity contribution in [3.05, 3.63) is 66.4 Å². The largest absolute Gasteiger partial charge is 0.497 e. The Morgan fingerprint density at radius 1 is 0.885 bits per heavy atom. The van der Waals surface area contributed by atoms with Gasteiger partial charge in [-0.3, -0.25) is 4.79 Å². The second-order valence-corrected chi connectivity index (χ2v) is 5.62. The van der Waals surface area contributed by atoms with Crippen LogP contribution in [-0.2, 0) is 11.2 Å². The van der Waals surface area contributed by atoms with Crippen LogP contribution in [0.2, 0.25) is 0 Å². The molecule has 0 N–H and O–H groups in total. The SMILES string of the molecule is COc1ccc(-c2ccc(CCC(=O)Oc3ccccc3OC)o2)cc1. The normalized spacial score (nSPS) is 10.4. The van der Waals surface area contributed by atoms with Crippen LogP contribution in [0.4, 0.5) is 0 Å². The summed E-state index contributed by atoms with van der Waals surface area (Å²) in [5.74, 6) is 2.88. The molecule has 0 aliphatic rings. The number of hydrogen-bond donors (Lipinski definition) is 0. The highest BCUT2D eigenvalue weighted by atomic mass is 16.6. The number of benzene rings is 2. The Hall–Kier alpha value is -3.21. The third-order valence-corrected chi connectivity index (χ3v) is 3.90. The molecule has 0 bridgehead atoms. The summed E-state index contributed by atoms with van der Waals surface area (Å²) in [6, 6.07) is 18.4. The Labute approximate surface area is 152 Å². The van der Waals surface area contributed by atoms with Crippen LogP contribution >= 0.6 is 0 Å². The first kappa shape index (κ1) is 17.6. The average molecular weight is 352 g/mol. The molecule has 1 heterocycles. The standard InChI is InChI=1S/C21H20O5/c1-23-16-9-7-15(8-10-16)18-13-11-17(25-18)12-14-21(22)26-20-6-4-3-5-19(20)24-2/h3-11,13H,12,14H2,1-2H3. The molecule has 0 radical (unpaired) electrons. The van der Waals surface area contributed by atoms with Crippen LogP contribution in [0.3, 0.4) is 0 Å². The van der Waals surface area contributed by atoms with Crippen LogP contribution in [0.15, 0.2) is 65.1 Å². The van der Waals surface area contributed by atoms with Crippen molar-refractivity contribution in [1.29, 1.82) is 0 Å². The highest BCUT2D eigenvalue weighted by molar-refractivity contribution is 5.73.